The zero-order valence-corrected chi connectivity index (χ0v) is 13.2. The molecule has 5 nitrogen and oxygen atoms in total. The van der Waals surface area contributed by atoms with Gasteiger partial charge < -0.3 is 19.3 Å². The Kier molecular flexibility index (Phi) is 8.76. The molecule has 0 spiro atoms. The predicted molar refractivity (Wildman–Crippen MR) is 84.5 cm³/mol. The Hall–Kier alpha value is -2.01. The number of aliphatic hydroxyl groups excluding tert-OH is 1. The van der Waals surface area contributed by atoms with Gasteiger partial charge in [0.15, 0.2) is 0 Å². The number of unbranched alkanes of at least 4 members (excludes halogenated alkanes) is 3. The van der Waals surface area contributed by atoms with Gasteiger partial charge in [0.25, 0.3) is 0 Å². The minimum absolute atomic E-state index is 0.179. The van der Waals surface area contributed by atoms with Crippen LogP contribution in [-0.2, 0) is 14.3 Å². The first kappa shape index (κ1) is 18.0. The van der Waals surface area contributed by atoms with Crippen LogP contribution in [0.5, 0.6) is 5.75 Å². The lowest BCUT2D eigenvalue weighted by Gasteiger charge is -2.09. The molecule has 0 atom stereocenters. The summed E-state index contributed by atoms with van der Waals surface area (Å²) >= 11 is 0. The van der Waals surface area contributed by atoms with Gasteiger partial charge in [0.1, 0.15) is 5.75 Å². The van der Waals surface area contributed by atoms with Crippen molar-refractivity contribution in [3.8, 4) is 5.75 Å². The second kappa shape index (κ2) is 10.7. The van der Waals surface area contributed by atoms with Crippen LogP contribution in [-0.4, -0.2) is 38.5 Å². The van der Waals surface area contributed by atoms with Gasteiger partial charge in [-0.15, -0.1) is 0 Å². The maximum absolute atomic E-state index is 11.8. The Balaban J connectivity index is 2.63. The summed E-state index contributed by atoms with van der Waals surface area (Å²) in [6.07, 6.45) is 5.17. The molecule has 0 aliphatic rings. The van der Waals surface area contributed by atoms with E-state index in [9.17, 15) is 4.79 Å². The first-order chi connectivity index (χ1) is 10.7. The Morgan fingerprint density at radius 3 is 2.64 bits per heavy atom. The molecule has 0 fully saturated rings. The maximum Gasteiger partial charge on any atom is 0.373 e. The number of rotatable bonds is 10. The van der Waals surface area contributed by atoms with Gasteiger partial charge in [0.2, 0.25) is 5.76 Å². The van der Waals surface area contributed by atoms with E-state index in [1.165, 1.54) is 7.11 Å². The van der Waals surface area contributed by atoms with Crippen molar-refractivity contribution in [1.29, 1.82) is 0 Å². The molecule has 0 amide bonds. The summed E-state index contributed by atoms with van der Waals surface area (Å²) in [7, 11) is 2.92. The monoisotopic (exact) mass is 308 g/mol. The van der Waals surface area contributed by atoms with E-state index in [1.807, 2.05) is 24.3 Å². The molecule has 1 aromatic carbocycles. The van der Waals surface area contributed by atoms with Crippen molar-refractivity contribution >= 4 is 12.0 Å². The fraction of sp³-hybridized carbons (Fsp3) is 0.471. The molecule has 1 aromatic rings. The quantitative estimate of drug-likeness (QED) is 0.312. The maximum atomic E-state index is 11.8. The highest BCUT2D eigenvalue weighted by Crippen LogP contribution is 2.16. The van der Waals surface area contributed by atoms with Crippen LogP contribution in [0.25, 0.3) is 6.08 Å². The topological polar surface area (TPSA) is 65.0 Å². The third-order valence-corrected chi connectivity index (χ3v) is 3.09. The van der Waals surface area contributed by atoms with Crippen LogP contribution in [0.4, 0.5) is 0 Å². The molecule has 0 bridgehead atoms. The highest BCUT2D eigenvalue weighted by Gasteiger charge is 2.11. The number of hydrogen-bond donors (Lipinski definition) is 1. The summed E-state index contributed by atoms with van der Waals surface area (Å²) in [6.45, 7) is 0.653. The first-order valence-electron chi connectivity index (χ1n) is 7.39. The van der Waals surface area contributed by atoms with Crippen LogP contribution in [0.2, 0.25) is 0 Å². The number of hydrogen-bond acceptors (Lipinski definition) is 5. The molecule has 22 heavy (non-hydrogen) atoms. The van der Waals surface area contributed by atoms with E-state index in [0.717, 1.165) is 31.2 Å². The lowest BCUT2D eigenvalue weighted by Crippen LogP contribution is -2.09. The summed E-state index contributed by atoms with van der Waals surface area (Å²) in [6, 6.07) is 7.34. The Morgan fingerprint density at radius 2 is 1.95 bits per heavy atom. The molecule has 0 heterocycles. The lowest BCUT2D eigenvalue weighted by atomic mass is 10.2. The van der Waals surface area contributed by atoms with Crippen molar-refractivity contribution in [2.24, 2.45) is 0 Å². The van der Waals surface area contributed by atoms with Crippen LogP contribution in [0.3, 0.4) is 0 Å². The summed E-state index contributed by atoms with van der Waals surface area (Å²) in [4.78, 5) is 11.8. The molecule has 0 aliphatic heterocycles. The van der Waals surface area contributed by atoms with Gasteiger partial charge in [-0.05, 0) is 43.0 Å². The number of esters is 1. The molecule has 0 aliphatic carbocycles. The van der Waals surface area contributed by atoms with Gasteiger partial charge in [-0.1, -0.05) is 18.6 Å². The zero-order chi connectivity index (χ0) is 16.2. The molecular weight excluding hydrogens is 284 g/mol. The molecule has 1 rings (SSSR count). The van der Waals surface area contributed by atoms with Crippen molar-refractivity contribution in [3.63, 3.8) is 0 Å². The van der Waals surface area contributed by atoms with Crippen molar-refractivity contribution in [1.82, 2.24) is 0 Å². The Labute approximate surface area is 131 Å². The van der Waals surface area contributed by atoms with E-state index >= 15 is 0 Å². The molecule has 0 saturated carbocycles. The second-order valence-electron chi connectivity index (χ2n) is 4.76. The zero-order valence-electron chi connectivity index (χ0n) is 13.2. The molecule has 0 aromatic heterocycles. The molecule has 0 unspecified atom stereocenters. The highest BCUT2D eigenvalue weighted by molar-refractivity contribution is 5.91. The highest BCUT2D eigenvalue weighted by atomic mass is 16.6. The average molecular weight is 308 g/mol. The van der Waals surface area contributed by atoms with Crippen LogP contribution in [0.15, 0.2) is 30.0 Å². The summed E-state index contributed by atoms with van der Waals surface area (Å²) < 4.78 is 15.4. The molecule has 1 N–H and O–H groups in total. The Morgan fingerprint density at radius 1 is 1.18 bits per heavy atom. The van der Waals surface area contributed by atoms with Gasteiger partial charge in [-0.3, -0.25) is 0 Å². The van der Waals surface area contributed by atoms with Gasteiger partial charge in [0, 0.05) is 6.61 Å². The molecule has 0 saturated heterocycles. The number of methoxy groups -OCH3 is 2. The van der Waals surface area contributed by atoms with Crippen molar-refractivity contribution in [3.05, 3.63) is 35.6 Å². The molecule has 5 heteroatoms. The fourth-order valence-electron chi connectivity index (χ4n) is 1.89. The van der Waals surface area contributed by atoms with Crippen LogP contribution >= 0.6 is 0 Å². The summed E-state index contributed by atoms with van der Waals surface area (Å²) in [5.74, 6) is 0.387. The SMILES string of the molecule is COC(=O)C(=Cc1cccc(OC)c1)OCCCCCCO. The van der Waals surface area contributed by atoms with E-state index in [-0.39, 0.29) is 12.4 Å². The number of benzene rings is 1. The van der Waals surface area contributed by atoms with Crippen LogP contribution in [0, 0.1) is 0 Å². The van der Waals surface area contributed by atoms with Crippen LogP contribution < -0.4 is 4.74 Å². The first-order valence-corrected chi connectivity index (χ1v) is 7.39. The van der Waals surface area contributed by atoms with E-state index in [2.05, 4.69) is 0 Å². The predicted octanol–water partition coefficient (Wildman–Crippen LogP) is 2.78. The standard InChI is InChI=1S/C17H24O5/c1-20-15-9-7-8-14(12-15)13-16(17(19)21-2)22-11-6-4-3-5-10-18/h7-9,12-13,18H,3-6,10-11H2,1-2H3. The summed E-state index contributed by atoms with van der Waals surface area (Å²) in [5.41, 5.74) is 0.806. The number of carbonyl (C=O) groups excluding carboxylic acids is 1. The second-order valence-corrected chi connectivity index (χ2v) is 4.76. The van der Waals surface area contributed by atoms with Crippen LogP contribution in [0.1, 0.15) is 31.2 Å². The Bertz CT molecular complexity index is 482. The smallest absolute Gasteiger partial charge is 0.373 e. The van der Waals surface area contributed by atoms with Gasteiger partial charge in [-0.2, -0.15) is 0 Å². The lowest BCUT2D eigenvalue weighted by molar-refractivity contribution is -0.140. The molecule has 0 radical (unpaired) electrons. The third kappa shape index (κ3) is 6.63. The van der Waals surface area contributed by atoms with Gasteiger partial charge in [0.05, 0.1) is 20.8 Å². The minimum Gasteiger partial charge on any atom is -0.497 e. The fourth-order valence-corrected chi connectivity index (χ4v) is 1.89. The van der Waals surface area contributed by atoms with E-state index in [0.29, 0.717) is 12.4 Å². The average Bonchev–Trinajstić information content (AvgIpc) is 2.56. The van der Waals surface area contributed by atoms with E-state index in [1.54, 1.807) is 13.2 Å². The van der Waals surface area contributed by atoms with Crippen molar-refractivity contribution in [2.75, 3.05) is 27.4 Å². The molecule has 122 valence electrons. The normalized spacial score (nSPS) is 11.1. The third-order valence-electron chi connectivity index (χ3n) is 3.09. The van der Waals surface area contributed by atoms with Crippen molar-refractivity contribution < 1.29 is 24.1 Å². The molecular formula is C17H24O5. The number of aliphatic hydroxyl groups is 1. The van der Waals surface area contributed by atoms with E-state index in [4.69, 9.17) is 19.3 Å². The number of carbonyl (C=O) groups is 1. The van der Waals surface area contributed by atoms with E-state index < -0.39 is 5.97 Å². The van der Waals surface area contributed by atoms with Gasteiger partial charge in [-0.25, -0.2) is 4.79 Å². The summed E-state index contributed by atoms with van der Waals surface area (Å²) in [5, 5.41) is 8.71. The number of ether oxygens (including phenoxy) is 3. The van der Waals surface area contributed by atoms with Crippen molar-refractivity contribution in [2.45, 2.75) is 25.7 Å². The van der Waals surface area contributed by atoms with Gasteiger partial charge >= 0.3 is 5.97 Å². The largest absolute Gasteiger partial charge is 0.497 e. The minimum atomic E-state index is -0.502.